The summed E-state index contributed by atoms with van der Waals surface area (Å²) in [5.74, 6) is -0.406. The van der Waals surface area contributed by atoms with Crippen molar-refractivity contribution in [1.82, 2.24) is 9.62 Å². The minimum absolute atomic E-state index is 0.110. The van der Waals surface area contributed by atoms with Gasteiger partial charge in [-0.15, -0.1) is 11.3 Å². The quantitative estimate of drug-likeness (QED) is 0.647. The molecule has 1 amide bonds. The molecule has 0 bridgehead atoms. The van der Waals surface area contributed by atoms with Gasteiger partial charge >= 0.3 is 0 Å². The normalized spacial score (nSPS) is 20.7. The number of hydrogen-bond acceptors (Lipinski definition) is 6. The summed E-state index contributed by atoms with van der Waals surface area (Å²) in [6, 6.07) is 0.0513. The van der Waals surface area contributed by atoms with E-state index in [0.29, 0.717) is 11.3 Å². The molecule has 0 aromatic carbocycles. The largest absolute Gasteiger partial charge is 0.353 e. The van der Waals surface area contributed by atoms with Gasteiger partial charge in [-0.05, 0) is 6.92 Å². The minimum Gasteiger partial charge on any atom is -0.353 e. The highest BCUT2D eigenvalue weighted by Crippen LogP contribution is 2.37. The Morgan fingerprint density at radius 2 is 2.25 bits per heavy atom. The number of nitrogens with one attached hydrogen (secondary N) is 1. The van der Waals surface area contributed by atoms with Crippen molar-refractivity contribution in [2.75, 3.05) is 13.1 Å². The van der Waals surface area contributed by atoms with E-state index in [2.05, 4.69) is 5.32 Å². The molecular formula is C9H10ClN3O5S2. The van der Waals surface area contributed by atoms with Crippen molar-refractivity contribution in [3.05, 3.63) is 20.5 Å². The third-order valence-electron chi connectivity index (χ3n) is 2.85. The molecule has 0 spiro atoms. The van der Waals surface area contributed by atoms with Crippen LogP contribution in [0, 0.1) is 10.1 Å². The third-order valence-corrected chi connectivity index (χ3v) is 6.61. The molecule has 1 atom stereocenters. The Bertz CT molecular complexity index is 671. The maximum Gasteiger partial charge on any atom is 0.300 e. The Morgan fingerprint density at radius 3 is 2.80 bits per heavy atom. The smallest absolute Gasteiger partial charge is 0.300 e. The van der Waals surface area contributed by atoms with Gasteiger partial charge in [-0.25, -0.2) is 8.42 Å². The van der Waals surface area contributed by atoms with Gasteiger partial charge in [-0.3, -0.25) is 14.9 Å². The van der Waals surface area contributed by atoms with E-state index in [1.165, 1.54) is 6.92 Å². The maximum atomic E-state index is 12.4. The molecule has 1 aromatic rings. The molecule has 0 aliphatic carbocycles. The lowest BCUT2D eigenvalue weighted by molar-refractivity contribution is -0.384. The first kappa shape index (κ1) is 15.2. The van der Waals surface area contributed by atoms with Crippen LogP contribution in [0.1, 0.15) is 6.92 Å². The van der Waals surface area contributed by atoms with Crippen molar-refractivity contribution in [3.63, 3.8) is 0 Å². The van der Waals surface area contributed by atoms with Crippen LogP contribution in [-0.4, -0.2) is 42.7 Å². The topological polar surface area (TPSA) is 110 Å². The third kappa shape index (κ3) is 2.51. The number of rotatable bonds is 3. The zero-order valence-corrected chi connectivity index (χ0v) is 12.6. The van der Waals surface area contributed by atoms with Crippen LogP contribution < -0.4 is 5.32 Å². The average molecular weight is 340 g/mol. The molecule has 1 fully saturated rings. The highest BCUT2D eigenvalue weighted by Gasteiger charge is 2.37. The molecule has 0 saturated carbocycles. The first-order chi connectivity index (χ1) is 9.25. The highest BCUT2D eigenvalue weighted by molar-refractivity contribution is 7.91. The second-order valence-corrected chi connectivity index (χ2v) is 7.84. The fraction of sp³-hybridized carbons (Fsp3) is 0.444. The zero-order valence-electron chi connectivity index (χ0n) is 10.2. The molecule has 1 aliphatic heterocycles. The number of halogens is 1. The molecule has 2 rings (SSSR count). The molecule has 1 N–H and O–H groups in total. The van der Waals surface area contributed by atoms with Crippen molar-refractivity contribution in [2.45, 2.75) is 17.2 Å². The van der Waals surface area contributed by atoms with Gasteiger partial charge in [0.25, 0.3) is 15.7 Å². The molecule has 1 saturated heterocycles. The van der Waals surface area contributed by atoms with Gasteiger partial charge in [0, 0.05) is 19.2 Å². The van der Waals surface area contributed by atoms with E-state index in [1.807, 2.05) is 0 Å². The second-order valence-electron chi connectivity index (χ2n) is 4.06. The minimum atomic E-state index is -3.98. The number of thiophene rings is 1. The fourth-order valence-corrected chi connectivity index (χ4v) is 5.18. The summed E-state index contributed by atoms with van der Waals surface area (Å²) in [6.07, 6.45) is 0. The summed E-state index contributed by atoms with van der Waals surface area (Å²) < 4.78 is 25.4. The number of nitro groups is 1. The van der Waals surface area contributed by atoms with Crippen LogP contribution in [0.4, 0.5) is 5.69 Å². The van der Waals surface area contributed by atoms with Gasteiger partial charge in [0.15, 0.2) is 4.34 Å². The van der Waals surface area contributed by atoms with Crippen LogP contribution in [0.25, 0.3) is 0 Å². The number of nitrogens with zero attached hydrogens (tertiary/aromatic N) is 2. The summed E-state index contributed by atoms with van der Waals surface area (Å²) in [4.78, 5) is 21.5. The van der Waals surface area contributed by atoms with Crippen molar-refractivity contribution in [2.24, 2.45) is 0 Å². The lowest BCUT2D eigenvalue weighted by Gasteiger charge is -2.31. The first-order valence-corrected chi connectivity index (χ1v) is 8.12. The predicted octanol–water partition coefficient (Wildman–Crippen LogP) is 0.819. The van der Waals surface area contributed by atoms with Gasteiger partial charge in [0.2, 0.25) is 5.91 Å². The lowest BCUT2D eigenvalue weighted by Crippen LogP contribution is -2.55. The lowest BCUT2D eigenvalue weighted by atomic mass is 10.2. The van der Waals surface area contributed by atoms with Gasteiger partial charge in [-0.2, -0.15) is 4.31 Å². The molecule has 1 aromatic heterocycles. The molecule has 1 aliphatic rings. The SMILES string of the molecule is CC1C(=O)NCCN1S(=O)(=O)c1cc([N+](=O)[O-])c(Cl)s1. The van der Waals surface area contributed by atoms with Gasteiger partial charge in [0.05, 0.1) is 4.92 Å². The van der Waals surface area contributed by atoms with Crippen LogP contribution in [0.5, 0.6) is 0 Å². The summed E-state index contributed by atoms with van der Waals surface area (Å²) in [5.41, 5.74) is -0.454. The van der Waals surface area contributed by atoms with E-state index < -0.39 is 32.6 Å². The number of sulfonamides is 1. The summed E-state index contributed by atoms with van der Waals surface area (Å²) in [6.45, 7) is 1.76. The van der Waals surface area contributed by atoms with Crippen LogP contribution in [0.15, 0.2) is 10.3 Å². The number of hydrogen-bond donors (Lipinski definition) is 1. The van der Waals surface area contributed by atoms with Gasteiger partial charge in [-0.1, -0.05) is 11.6 Å². The maximum absolute atomic E-state index is 12.4. The van der Waals surface area contributed by atoms with Crippen molar-refractivity contribution in [1.29, 1.82) is 0 Å². The molecule has 2 heterocycles. The van der Waals surface area contributed by atoms with Gasteiger partial charge < -0.3 is 5.32 Å². The van der Waals surface area contributed by atoms with Crippen LogP contribution in [-0.2, 0) is 14.8 Å². The molecule has 0 radical (unpaired) electrons. The molecular weight excluding hydrogens is 330 g/mol. The predicted molar refractivity (Wildman–Crippen MR) is 72.3 cm³/mol. The Kier molecular flexibility index (Phi) is 4.00. The van der Waals surface area contributed by atoms with E-state index in [9.17, 15) is 23.3 Å². The summed E-state index contributed by atoms with van der Waals surface area (Å²) in [5, 5.41) is 13.3. The van der Waals surface area contributed by atoms with E-state index in [0.717, 1.165) is 10.4 Å². The molecule has 1 unspecified atom stereocenters. The van der Waals surface area contributed by atoms with E-state index in [-0.39, 0.29) is 21.6 Å². The number of carbonyl (C=O) groups excluding carboxylic acids is 1. The Balaban J connectivity index is 2.42. The first-order valence-electron chi connectivity index (χ1n) is 5.48. The Labute approximate surface area is 123 Å². The Morgan fingerprint density at radius 1 is 1.60 bits per heavy atom. The van der Waals surface area contributed by atoms with E-state index in [4.69, 9.17) is 11.6 Å². The Hall–Kier alpha value is -1.23. The van der Waals surface area contributed by atoms with Gasteiger partial charge in [0.1, 0.15) is 10.3 Å². The zero-order chi connectivity index (χ0) is 15.1. The van der Waals surface area contributed by atoms with Crippen LogP contribution in [0.3, 0.4) is 0 Å². The molecule has 11 heteroatoms. The average Bonchev–Trinajstić information content (AvgIpc) is 2.75. The van der Waals surface area contributed by atoms with Crippen LogP contribution in [0.2, 0.25) is 4.34 Å². The van der Waals surface area contributed by atoms with Crippen LogP contribution >= 0.6 is 22.9 Å². The summed E-state index contributed by atoms with van der Waals surface area (Å²) in [7, 11) is -3.98. The fourth-order valence-electron chi connectivity index (χ4n) is 1.80. The number of amides is 1. The second kappa shape index (κ2) is 5.28. The van der Waals surface area contributed by atoms with Crippen molar-refractivity contribution >= 4 is 44.6 Å². The monoisotopic (exact) mass is 339 g/mol. The number of piperazine rings is 1. The molecule has 20 heavy (non-hydrogen) atoms. The summed E-state index contributed by atoms with van der Waals surface area (Å²) >= 11 is 6.27. The van der Waals surface area contributed by atoms with Crippen molar-refractivity contribution < 1.29 is 18.1 Å². The van der Waals surface area contributed by atoms with Crippen molar-refractivity contribution in [3.8, 4) is 0 Å². The highest BCUT2D eigenvalue weighted by atomic mass is 35.5. The standard InChI is InChI=1S/C9H10ClN3O5S2/c1-5-9(14)11-2-3-12(5)20(17,18)7-4-6(13(15)16)8(10)19-7/h4-5H,2-3H2,1H3,(H,11,14). The van der Waals surface area contributed by atoms with E-state index >= 15 is 0 Å². The molecule has 8 nitrogen and oxygen atoms in total. The van der Waals surface area contributed by atoms with E-state index in [1.54, 1.807) is 0 Å². The number of carbonyl (C=O) groups is 1. The molecule has 110 valence electrons.